The van der Waals surface area contributed by atoms with Gasteiger partial charge in [0.05, 0.1) is 0 Å². The fourth-order valence-electron chi connectivity index (χ4n) is 2.79. The van der Waals surface area contributed by atoms with Crippen molar-refractivity contribution in [2.75, 3.05) is 23.3 Å². The van der Waals surface area contributed by atoms with Crippen LogP contribution in [-0.2, 0) is 11.3 Å². The zero-order valence-electron chi connectivity index (χ0n) is 13.5. The van der Waals surface area contributed by atoms with Gasteiger partial charge in [0.1, 0.15) is 18.2 Å². The summed E-state index contributed by atoms with van der Waals surface area (Å²) in [7, 11) is 0. The summed E-state index contributed by atoms with van der Waals surface area (Å²) in [5.74, 6) is -0.424. The van der Waals surface area contributed by atoms with Gasteiger partial charge >= 0.3 is 5.69 Å². The van der Waals surface area contributed by atoms with Gasteiger partial charge in [0.25, 0.3) is 5.56 Å². The van der Waals surface area contributed by atoms with Crippen molar-refractivity contribution < 1.29 is 4.79 Å². The molecule has 1 amide bonds. The molecular formula is C17H17N5O3. The highest BCUT2D eigenvalue weighted by atomic mass is 16.2. The van der Waals surface area contributed by atoms with Crippen LogP contribution in [-0.4, -0.2) is 28.5 Å². The molecule has 0 aliphatic carbocycles. The molecule has 2 heterocycles. The molecule has 0 atom stereocenters. The van der Waals surface area contributed by atoms with E-state index in [1.165, 1.54) is 12.8 Å². The molecule has 0 unspecified atom stereocenters. The highest BCUT2D eigenvalue weighted by Gasteiger charge is 2.12. The van der Waals surface area contributed by atoms with Crippen molar-refractivity contribution in [1.29, 1.82) is 5.26 Å². The fourth-order valence-corrected chi connectivity index (χ4v) is 2.79. The molecule has 1 aromatic carbocycles. The molecule has 0 radical (unpaired) electrons. The molecule has 1 saturated heterocycles. The van der Waals surface area contributed by atoms with Crippen molar-refractivity contribution in [2.24, 2.45) is 0 Å². The molecule has 0 saturated carbocycles. The van der Waals surface area contributed by atoms with Gasteiger partial charge in [-0.25, -0.2) is 4.79 Å². The molecule has 8 heteroatoms. The summed E-state index contributed by atoms with van der Waals surface area (Å²) < 4.78 is 0.994. The lowest BCUT2D eigenvalue weighted by molar-refractivity contribution is -0.116. The maximum atomic E-state index is 12.1. The maximum absolute atomic E-state index is 12.1. The van der Waals surface area contributed by atoms with Crippen molar-refractivity contribution in [3.63, 3.8) is 0 Å². The van der Waals surface area contributed by atoms with Gasteiger partial charge in [-0.2, -0.15) is 5.26 Å². The van der Waals surface area contributed by atoms with Crippen molar-refractivity contribution in [1.82, 2.24) is 9.55 Å². The smallest absolute Gasteiger partial charge is 0.328 e. The monoisotopic (exact) mass is 339 g/mol. The lowest BCUT2D eigenvalue weighted by Crippen LogP contribution is -2.34. The Kier molecular flexibility index (Phi) is 4.66. The Morgan fingerprint density at radius 1 is 1.20 bits per heavy atom. The quantitative estimate of drug-likeness (QED) is 0.849. The number of carbonyl (C=O) groups is 1. The van der Waals surface area contributed by atoms with Crippen LogP contribution in [0.3, 0.4) is 0 Å². The molecule has 25 heavy (non-hydrogen) atoms. The standard InChI is InChI=1S/C17H17N5O3/c18-9-12-10-22(17(25)20-16(12)24)11-15(23)19-13-3-5-14(6-4-13)21-7-1-2-8-21/h3-6,10H,1-2,7-8,11H2,(H,19,23)(H,20,24,25). The number of aromatic amines is 1. The van der Waals surface area contributed by atoms with E-state index in [2.05, 4.69) is 10.2 Å². The van der Waals surface area contributed by atoms with Gasteiger partial charge in [0.15, 0.2) is 0 Å². The average molecular weight is 339 g/mol. The Balaban J connectivity index is 1.68. The average Bonchev–Trinajstić information content (AvgIpc) is 3.12. The molecule has 1 aliphatic heterocycles. The van der Waals surface area contributed by atoms with Gasteiger partial charge in [-0.1, -0.05) is 0 Å². The fraction of sp³-hybridized carbons (Fsp3) is 0.294. The normalized spacial score (nSPS) is 13.5. The first-order valence-corrected chi connectivity index (χ1v) is 7.95. The Labute approximate surface area is 143 Å². The number of nitrogens with zero attached hydrogens (tertiary/aromatic N) is 3. The molecule has 1 aromatic heterocycles. The Bertz CT molecular complexity index is 930. The second kappa shape index (κ2) is 7.05. The van der Waals surface area contributed by atoms with Crippen LogP contribution in [0.2, 0.25) is 0 Å². The van der Waals surface area contributed by atoms with Crippen LogP contribution in [0.15, 0.2) is 40.1 Å². The number of rotatable bonds is 4. The number of H-pyrrole nitrogens is 1. The molecule has 1 fully saturated rings. The van der Waals surface area contributed by atoms with E-state index in [9.17, 15) is 14.4 Å². The SMILES string of the molecule is N#Cc1cn(CC(=O)Nc2ccc(N3CCCC3)cc2)c(=O)[nH]c1=O. The summed E-state index contributed by atoms with van der Waals surface area (Å²) in [6, 6.07) is 9.18. The van der Waals surface area contributed by atoms with E-state index in [0.29, 0.717) is 5.69 Å². The minimum atomic E-state index is -0.762. The number of hydrogen-bond donors (Lipinski definition) is 2. The molecule has 2 aromatic rings. The third-order valence-electron chi connectivity index (χ3n) is 4.07. The number of benzene rings is 1. The van der Waals surface area contributed by atoms with Crippen molar-refractivity contribution in [3.05, 3.63) is 56.9 Å². The van der Waals surface area contributed by atoms with Crippen LogP contribution >= 0.6 is 0 Å². The molecule has 8 nitrogen and oxygen atoms in total. The summed E-state index contributed by atoms with van der Waals surface area (Å²) in [5.41, 5.74) is 0.0181. The third kappa shape index (κ3) is 3.77. The second-order valence-corrected chi connectivity index (χ2v) is 5.83. The Morgan fingerprint density at radius 3 is 2.52 bits per heavy atom. The third-order valence-corrected chi connectivity index (χ3v) is 4.07. The highest BCUT2D eigenvalue weighted by molar-refractivity contribution is 5.90. The van der Waals surface area contributed by atoms with Crippen LogP contribution in [0.25, 0.3) is 0 Å². The molecule has 0 bridgehead atoms. The van der Waals surface area contributed by atoms with Crippen molar-refractivity contribution >= 4 is 17.3 Å². The van der Waals surface area contributed by atoms with Crippen LogP contribution in [0, 0.1) is 11.3 Å². The van der Waals surface area contributed by atoms with E-state index in [1.54, 1.807) is 6.07 Å². The van der Waals surface area contributed by atoms with Gasteiger partial charge in [0, 0.05) is 30.7 Å². The van der Waals surface area contributed by atoms with Crippen LogP contribution in [0.1, 0.15) is 18.4 Å². The number of hydrogen-bond acceptors (Lipinski definition) is 5. The predicted molar refractivity (Wildman–Crippen MR) is 92.6 cm³/mol. The summed E-state index contributed by atoms with van der Waals surface area (Å²) in [6.45, 7) is 1.79. The zero-order chi connectivity index (χ0) is 17.8. The van der Waals surface area contributed by atoms with Crippen LogP contribution in [0.5, 0.6) is 0 Å². The Hall–Kier alpha value is -3.34. The lowest BCUT2D eigenvalue weighted by Gasteiger charge is -2.17. The van der Waals surface area contributed by atoms with Gasteiger partial charge in [-0.3, -0.25) is 19.1 Å². The van der Waals surface area contributed by atoms with E-state index >= 15 is 0 Å². The number of nitriles is 1. The predicted octanol–water partition coefficient (Wildman–Crippen LogP) is 0.647. The molecule has 128 valence electrons. The van der Waals surface area contributed by atoms with E-state index in [4.69, 9.17) is 5.26 Å². The topological polar surface area (TPSA) is 111 Å². The second-order valence-electron chi connectivity index (χ2n) is 5.83. The first kappa shape index (κ1) is 16.5. The summed E-state index contributed by atoms with van der Waals surface area (Å²) >= 11 is 0. The van der Waals surface area contributed by atoms with Gasteiger partial charge in [-0.15, -0.1) is 0 Å². The Morgan fingerprint density at radius 2 is 1.88 bits per heavy atom. The number of aromatic nitrogens is 2. The molecule has 0 spiro atoms. The summed E-state index contributed by atoms with van der Waals surface area (Å²) in [5, 5.41) is 11.5. The van der Waals surface area contributed by atoms with E-state index in [1.807, 2.05) is 29.2 Å². The van der Waals surface area contributed by atoms with Gasteiger partial charge in [-0.05, 0) is 37.1 Å². The minimum absolute atomic E-state index is 0.220. The first-order chi connectivity index (χ1) is 12.1. The van der Waals surface area contributed by atoms with E-state index in [0.717, 1.165) is 29.5 Å². The molecular weight excluding hydrogens is 322 g/mol. The molecule has 1 aliphatic rings. The lowest BCUT2D eigenvalue weighted by atomic mass is 10.2. The van der Waals surface area contributed by atoms with Gasteiger partial charge in [0.2, 0.25) is 5.91 Å². The number of anilines is 2. The largest absolute Gasteiger partial charge is 0.372 e. The van der Waals surface area contributed by atoms with Gasteiger partial charge < -0.3 is 10.2 Å². The molecule has 3 rings (SSSR count). The zero-order valence-corrected chi connectivity index (χ0v) is 13.5. The highest BCUT2D eigenvalue weighted by Crippen LogP contribution is 2.21. The number of nitrogens with one attached hydrogen (secondary N) is 2. The van der Waals surface area contributed by atoms with Crippen LogP contribution in [0.4, 0.5) is 11.4 Å². The van der Waals surface area contributed by atoms with E-state index in [-0.39, 0.29) is 12.1 Å². The van der Waals surface area contributed by atoms with Crippen LogP contribution < -0.4 is 21.5 Å². The summed E-state index contributed by atoms with van der Waals surface area (Å²) in [4.78, 5) is 39.4. The number of carbonyl (C=O) groups excluding carboxylic acids is 1. The van der Waals surface area contributed by atoms with Crippen molar-refractivity contribution in [3.8, 4) is 6.07 Å². The maximum Gasteiger partial charge on any atom is 0.328 e. The van der Waals surface area contributed by atoms with E-state index < -0.39 is 17.2 Å². The summed E-state index contributed by atoms with van der Waals surface area (Å²) in [6.07, 6.45) is 3.46. The first-order valence-electron chi connectivity index (χ1n) is 7.95. The minimum Gasteiger partial charge on any atom is -0.372 e. The molecule has 2 N–H and O–H groups in total. The van der Waals surface area contributed by atoms with Crippen molar-refractivity contribution in [2.45, 2.75) is 19.4 Å². The number of amides is 1.